The van der Waals surface area contributed by atoms with Crippen LogP contribution in [-0.4, -0.2) is 52.8 Å². The molecule has 0 unspecified atom stereocenters. The average molecular weight is 408 g/mol. The van der Waals surface area contributed by atoms with Crippen LogP contribution in [0.4, 0.5) is 0 Å². The van der Waals surface area contributed by atoms with Crippen LogP contribution < -0.4 is 0 Å². The highest BCUT2D eigenvalue weighted by Gasteiger charge is 2.26. The van der Waals surface area contributed by atoms with E-state index in [1.165, 1.54) is 32.1 Å². The lowest BCUT2D eigenvalue weighted by Crippen LogP contribution is -2.50. The lowest BCUT2D eigenvalue weighted by molar-refractivity contribution is -0.133. The third-order valence-corrected chi connectivity index (χ3v) is 6.80. The van der Waals surface area contributed by atoms with Gasteiger partial charge in [-0.3, -0.25) is 14.6 Å². The van der Waals surface area contributed by atoms with Crippen LogP contribution in [0.5, 0.6) is 0 Å². The van der Waals surface area contributed by atoms with Crippen molar-refractivity contribution in [3.63, 3.8) is 0 Å². The van der Waals surface area contributed by atoms with E-state index in [1.807, 2.05) is 41.8 Å². The highest BCUT2D eigenvalue weighted by molar-refractivity contribution is 5.98. The Labute approximate surface area is 179 Å². The Morgan fingerprint density at radius 1 is 0.967 bits per heavy atom. The summed E-state index contributed by atoms with van der Waals surface area (Å²) in [6, 6.07) is 8.08. The number of amides is 2. The number of carbonyl (C=O) groups excluding carboxylic acids is 2. The molecule has 0 bridgehead atoms. The second kappa shape index (κ2) is 9.15. The van der Waals surface area contributed by atoms with Crippen molar-refractivity contribution in [1.29, 1.82) is 0 Å². The molecule has 5 heteroatoms. The number of rotatable bonds is 4. The van der Waals surface area contributed by atoms with Crippen molar-refractivity contribution in [3.05, 3.63) is 41.1 Å². The normalized spacial score (nSPS) is 18.1. The van der Waals surface area contributed by atoms with Crippen LogP contribution in [0, 0.1) is 19.8 Å². The average Bonchev–Trinajstić information content (AvgIpc) is 2.77. The van der Waals surface area contributed by atoms with E-state index >= 15 is 0 Å². The fourth-order valence-electron chi connectivity index (χ4n) is 4.90. The standard InChI is InChI=1S/C25H33N3O2/c1-18-8-10-23-21(16-18)17-22(19(2)26-23)25(30)28-14-12-27(13-15-28)24(29)11-9-20-6-4-3-5-7-20/h8,10,16-17,20H,3-7,9,11-15H2,1-2H3. The smallest absolute Gasteiger partial charge is 0.255 e. The van der Waals surface area contributed by atoms with Gasteiger partial charge in [-0.1, -0.05) is 43.7 Å². The minimum atomic E-state index is 0.0257. The maximum atomic E-state index is 13.1. The van der Waals surface area contributed by atoms with Gasteiger partial charge in [0.1, 0.15) is 0 Å². The minimum absolute atomic E-state index is 0.0257. The summed E-state index contributed by atoms with van der Waals surface area (Å²) in [5.41, 5.74) is 3.52. The first-order valence-corrected chi connectivity index (χ1v) is 11.5. The number of hydrogen-bond acceptors (Lipinski definition) is 3. The lowest BCUT2D eigenvalue weighted by Gasteiger charge is -2.35. The Balaban J connectivity index is 1.34. The van der Waals surface area contributed by atoms with E-state index in [4.69, 9.17) is 0 Å². The van der Waals surface area contributed by atoms with Crippen molar-refractivity contribution in [2.75, 3.05) is 26.2 Å². The fraction of sp³-hybridized carbons (Fsp3) is 0.560. The van der Waals surface area contributed by atoms with Crippen LogP contribution >= 0.6 is 0 Å². The van der Waals surface area contributed by atoms with E-state index in [2.05, 4.69) is 11.1 Å². The van der Waals surface area contributed by atoms with Gasteiger partial charge in [0.2, 0.25) is 5.91 Å². The monoisotopic (exact) mass is 407 g/mol. The van der Waals surface area contributed by atoms with Crippen LogP contribution in [0.1, 0.15) is 66.6 Å². The summed E-state index contributed by atoms with van der Waals surface area (Å²) in [6.07, 6.45) is 8.25. The van der Waals surface area contributed by atoms with Gasteiger partial charge in [0.05, 0.1) is 16.8 Å². The molecule has 1 aromatic carbocycles. The van der Waals surface area contributed by atoms with E-state index in [1.54, 1.807) is 0 Å². The second-order valence-corrected chi connectivity index (χ2v) is 9.03. The predicted molar refractivity (Wildman–Crippen MR) is 120 cm³/mol. The van der Waals surface area contributed by atoms with Crippen molar-refractivity contribution in [3.8, 4) is 0 Å². The van der Waals surface area contributed by atoms with E-state index in [0.29, 0.717) is 38.2 Å². The maximum absolute atomic E-state index is 13.1. The van der Waals surface area contributed by atoms with Crippen molar-refractivity contribution >= 4 is 22.7 Å². The first kappa shape index (κ1) is 20.8. The zero-order valence-electron chi connectivity index (χ0n) is 18.3. The lowest BCUT2D eigenvalue weighted by atomic mass is 9.86. The Morgan fingerprint density at radius 2 is 1.67 bits per heavy atom. The molecule has 1 aliphatic carbocycles. The van der Waals surface area contributed by atoms with Gasteiger partial charge in [-0.25, -0.2) is 0 Å². The molecule has 1 aliphatic heterocycles. The van der Waals surface area contributed by atoms with E-state index in [9.17, 15) is 9.59 Å². The van der Waals surface area contributed by atoms with E-state index in [0.717, 1.165) is 34.5 Å². The Kier molecular flexibility index (Phi) is 6.35. The van der Waals surface area contributed by atoms with Crippen molar-refractivity contribution in [2.45, 2.75) is 58.8 Å². The van der Waals surface area contributed by atoms with Crippen molar-refractivity contribution < 1.29 is 9.59 Å². The molecule has 1 saturated heterocycles. The van der Waals surface area contributed by atoms with Crippen LogP contribution in [0.15, 0.2) is 24.3 Å². The van der Waals surface area contributed by atoms with Gasteiger partial charge < -0.3 is 9.80 Å². The van der Waals surface area contributed by atoms with Gasteiger partial charge in [-0.15, -0.1) is 0 Å². The number of fused-ring (bicyclic) bond motifs is 1. The van der Waals surface area contributed by atoms with Gasteiger partial charge in [0.25, 0.3) is 5.91 Å². The molecule has 2 fully saturated rings. The number of aryl methyl sites for hydroxylation is 2. The molecule has 1 aromatic heterocycles. The highest BCUT2D eigenvalue weighted by Crippen LogP contribution is 2.27. The fourth-order valence-corrected chi connectivity index (χ4v) is 4.90. The Bertz CT molecular complexity index is 925. The molecular weight excluding hydrogens is 374 g/mol. The third-order valence-electron chi connectivity index (χ3n) is 6.80. The topological polar surface area (TPSA) is 53.5 Å². The van der Waals surface area contributed by atoms with Gasteiger partial charge in [0, 0.05) is 38.0 Å². The Hall–Kier alpha value is -2.43. The summed E-state index contributed by atoms with van der Waals surface area (Å²) in [5, 5.41) is 1.00. The van der Waals surface area contributed by atoms with Gasteiger partial charge >= 0.3 is 0 Å². The third kappa shape index (κ3) is 4.66. The van der Waals surface area contributed by atoms with E-state index < -0.39 is 0 Å². The molecule has 160 valence electrons. The molecule has 0 N–H and O–H groups in total. The molecule has 2 aliphatic rings. The van der Waals surface area contributed by atoms with Gasteiger partial charge in [0.15, 0.2) is 0 Å². The van der Waals surface area contributed by atoms with Crippen LogP contribution in [-0.2, 0) is 4.79 Å². The largest absolute Gasteiger partial charge is 0.339 e. The molecule has 2 aromatic rings. The quantitative estimate of drug-likeness (QED) is 0.750. The minimum Gasteiger partial charge on any atom is -0.339 e. The molecule has 2 amide bonds. The first-order chi connectivity index (χ1) is 14.5. The summed E-state index contributed by atoms with van der Waals surface area (Å²) in [5.74, 6) is 1.02. The molecule has 0 radical (unpaired) electrons. The van der Waals surface area contributed by atoms with Crippen molar-refractivity contribution in [2.24, 2.45) is 5.92 Å². The first-order valence-electron chi connectivity index (χ1n) is 11.5. The molecular formula is C25H33N3O2. The van der Waals surface area contributed by atoms with E-state index in [-0.39, 0.29) is 11.8 Å². The summed E-state index contributed by atoms with van der Waals surface area (Å²) >= 11 is 0. The SMILES string of the molecule is Cc1ccc2nc(C)c(C(=O)N3CCN(C(=O)CCC4CCCCC4)CC3)cc2c1. The van der Waals surface area contributed by atoms with Crippen LogP contribution in [0.25, 0.3) is 10.9 Å². The number of carbonyl (C=O) groups is 2. The van der Waals surface area contributed by atoms with Gasteiger partial charge in [-0.05, 0) is 44.4 Å². The highest BCUT2D eigenvalue weighted by atomic mass is 16.2. The molecule has 0 atom stereocenters. The van der Waals surface area contributed by atoms with Gasteiger partial charge in [-0.2, -0.15) is 0 Å². The molecule has 30 heavy (non-hydrogen) atoms. The van der Waals surface area contributed by atoms with Crippen molar-refractivity contribution in [1.82, 2.24) is 14.8 Å². The number of nitrogens with zero attached hydrogens (tertiary/aromatic N) is 3. The summed E-state index contributed by atoms with van der Waals surface area (Å²) < 4.78 is 0. The zero-order valence-corrected chi connectivity index (χ0v) is 18.3. The summed E-state index contributed by atoms with van der Waals surface area (Å²) in [6.45, 7) is 6.41. The predicted octanol–water partition coefficient (Wildman–Crippen LogP) is 4.50. The second-order valence-electron chi connectivity index (χ2n) is 9.03. The van der Waals surface area contributed by atoms with Crippen LogP contribution in [0.2, 0.25) is 0 Å². The number of benzene rings is 1. The molecule has 4 rings (SSSR count). The number of aromatic nitrogens is 1. The molecule has 1 saturated carbocycles. The Morgan fingerprint density at radius 3 is 2.40 bits per heavy atom. The van der Waals surface area contributed by atoms with Crippen LogP contribution in [0.3, 0.4) is 0 Å². The number of piperazine rings is 1. The molecule has 5 nitrogen and oxygen atoms in total. The summed E-state index contributed by atoms with van der Waals surface area (Å²) in [4.78, 5) is 34.2. The number of hydrogen-bond donors (Lipinski definition) is 0. The zero-order chi connectivity index (χ0) is 21.1. The molecule has 0 spiro atoms. The number of pyridine rings is 1. The molecule has 2 heterocycles. The summed E-state index contributed by atoms with van der Waals surface area (Å²) in [7, 11) is 0. The maximum Gasteiger partial charge on any atom is 0.255 e.